The normalized spacial score (nSPS) is 11.8. The van der Waals surface area contributed by atoms with Crippen molar-refractivity contribution in [3.05, 3.63) is 53.1 Å². The van der Waals surface area contributed by atoms with Crippen molar-refractivity contribution in [3.8, 4) is 11.5 Å². The molecule has 2 rings (SSSR count). The van der Waals surface area contributed by atoms with Crippen molar-refractivity contribution in [2.24, 2.45) is 4.99 Å². The third-order valence-electron chi connectivity index (χ3n) is 3.78. The zero-order valence-electron chi connectivity index (χ0n) is 14.7. The van der Waals surface area contributed by atoms with Gasteiger partial charge in [0.2, 0.25) is 0 Å². The van der Waals surface area contributed by atoms with Gasteiger partial charge in [-0.3, -0.25) is 0 Å². The molecule has 134 valence electrons. The van der Waals surface area contributed by atoms with Crippen LogP contribution in [0.3, 0.4) is 0 Å². The first-order valence-corrected chi connectivity index (χ1v) is 7.91. The molecular formula is C19H21F3N2O. The van der Waals surface area contributed by atoms with Crippen LogP contribution in [-0.2, 0) is 6.18 Å². The van der Waals surface area contributed by atoms with E-state index in [0.29, 0.717) is 5.75 Å². The van der Waals surface area contributed by atoms with Crippen LogP contribution < -0.4 is 4.74 Å². The van der Waals surface area contributed by atoms with Gasteiger partial charge in [0.25, 0.3) is 0 Å². The molecule has 0 radical (unpaired) electrons. The van der Waals surface area contributed by atoms with Crippen molar-refractivity contribution in [2.75, 3.05) is 13.6 Å². The molecule has 0 spiro atoms. The summed E-state index contributed by atoms with van der Waals surface area (Å²) in [7, 11) is 1.93. The second-order valence-electron chi connectivity index (χ2n) is 5.85. The molecule has 0 saturated carbocycles. The SMILES string of the molecule is CCN(C)/C=N/c1cc(C)c(Oc2cccc(C(F)(F)F)c2)cc1C. The summed E-state index contributed by atoms with van der Waals surface area (Å²) in [5.74, 6) is 0.666. The Kier molecular flexibility index (Phi) is 5.72. The molecule has 0 unspecified atom stereocenters. The minimum Gasteiger partial charge on any atom is -0.457 e. The van der Waals surface area contributed by atoms with Gasteiger partial charge in [-0.2, -0.15) is 13.2 Å². The molecule has 2 aromatic rings. The number of aliphatic imine (C=N–C) groups is 1. The number of halogens is 3. The molecule has 0 saturated heterocycles. The van der Waals surface area contributed by atoms with Gasteiger partial charge in [-0.25, -0.2) is 4.99 Å². The van der Waals surface area contributed by atoms with Crippen molar-refractivity contribution < 1.29 is 17.9 Å². The number of aryl methyl sites for hydroxylation is 2. The Bertz CT molecular complexity index is 770. The van der Waals surface area contributed by atoms with Crippen LogP contribution in [0.15, 0.2) is 41.4 Å². The number of nitrogens with zero attached hydrogens (tertiary/aromatic N) is 2. The predicted octanol–water partition coefficient (Wildman–Crippen LogP) is 5.73. The molecule has 6 heteroatoms. The molecule has 2 aromatic carbocycles. The Morgan fingerprint density at radius 1 is 1.12 bits per heavy atom. The average Bonchev–Trinajstić information content (AvgIpc) is 2.55. The van der Waals surface area contributed by atoms with E-state index in [2.05, 4.69) is 4.99 Å². The van der Waals surface area contributed by atoms with Gasteiger partial charge in [-0.1, -0.05) is 6.07 Å². The van der Waals surface area contributed by atoms with Gasteiger partial charge in [0.15, 0.2) is 0 Å². The van der Waals surface area contributed by atoms with Crippen LogP contribution in [0, 0.1) is 13.8 Å². The summed E-state index contributed by atoms with van der Waals surface area (Å²) in [4.78, 5) is 6.37. The third kappa shape index (κ3) is 4.98. The first-order valence-electron chi connectivity index (χ1n) is 7.91. The Balaban J connectivity index is 2.27. The van der Waals surface area contributed by atoms with Crippen LogP contribution in [0.5, 0.6) is 11.5 Å². The minimum absolute atomic E-state index is 0.152. The molecule has 25 heavy (non-hydrogen) atoms. The molecule has 0 aliphatic rings. The summed E-state index contributed by atoms with van der Waals surface area (Å²) in [5.41, 5.74) is 1.75. The number of hydrogen-bond donors (Lipinski definition) is 0. The highest BCUT2D eigenvalue weighted by Crippen LogP contribution is 2.35. The highest BCUT2D eigenvalue weighted by molar-refractivity contribution is 5.64. The highest BCUT2D eigenvalue weighted by Gasteiger charge is 2.30. The molecule has 0 heterocycles. The van der Waals surface area contributed by atoms with Crippen LogP contribution in [0.25, 0.3) is 0 Å². The summed E-state index contributed by atoms with van der Waals surface area (Å²) in [6.45, 7) is 6.59. The number of rotatable bonds is 5. The van der Waals surface area contributed by atoms with Gasteiger partial charge < -0.3 is 9.64 Å². The molecule has 0 amide bonds. The quantitative estimate of drug-likeness (QED) is 0.508. The molecule has 0 aliphatic carbocycles. The predicted molar refractivity (Wildman–Crippen MR) is 93.9 cm³/mol. The lowest BCUT2D eigenvalue weighted by Crippen LogP contribution is -2.14. The molecule has 0 aliphatic heterocycles. The van der Waals surface area contributed by atoms with Crippen LogP contribution >= 0.6 is 0 Å². The maximum atomic E-state index is 12.8. The lowest BCUT2D eigenvalue weighted by atomic mass is 10.1. The summed E-state index contributed by atoms with van der Waals surface area (Å²) >= 11 is 0. The van der Waals surface area contributed by atoms with E-state index in [1.807, 2.05) is 38.8 Å². The summed E-state index contributed by atoms with van der Waals surface area (Å²) in [6.07, 6.45) is -2.65. The molecule has 0 aromatic heterocycles. The fourth-order valence-corrected chi connectivity index (χ4v) is 2.13. The highest BCUT2D eigenvalue weighted by atomic mass is 19.4. The van der Waals surface area contributed by atoms with Crippen LogP contribution in [0.1, 0.15) is 23.6 Å². The lowest BCUT2D eigenvalue weighted by Gasteiger charge is -2.14. The Morgan fingerprint density at radius 3 is 2.48 bits per heavy atom. The second kappa shape index (κ2) is 7.59. The van der Waals surface area contributed by atoms with Gasteiger partial charge in [0, 0.05) is 13.6 Å². The Morgan fingerprint density at radius 2 is 1.84 bits per heavy atom. The van der Waals surface area contributed by atoms with E-state index in [1.165, 1.54) is 12.1 Å². The van der Waals surface area contributed by atoms with Gasteiger partial charge in [-0.15, -0.1) is 0 Å². The largest absolute Gasteiger partial charge is 0.457 e. The summed E-state index contributed by atoms with van der Waals surface area (Å²) in [6, 6.07) is 8.50. The van der Waals surface area contributed by atoms with Crippen molar-refractivity contribution in [1.82, 2.24) is 4.90 Å². The van der Waals surface area contributed by atoms with E-state index in [0.717, 1.165) is 35.5 Å². The standard InChI is InChI=1S/C19H21F3N2O/c1-5-24(4)12-23-17-9-14(3)18(10-13(17)2)25-16-8-6-7-15(11-16)19(20,21)22/h6-12H,5H2,1-4H3/b23-12+. The molecular weight excluding hydrogens is 329 g/mol. The Labute approximate surface area is 145 Å². The lowest BCUT2D eigenvalue weighted by molar-refractivity contribution is -0.137. The van der Waals surface area contributed by atoms with E-state index in [-0.39, 0.29) is 5.75 Å². The van der Waals surface area contributed by atoms with E-state index in [9.17, 15) is 13.2 Å². The molecule has 0 atom stereocenters. The van der Waals surface area contributed by atoms with Gasteiger partial charge >= 0.3 is 6.18 Å². The molecule has 0 bridgehead atoms. The van der Waals surface area contributed by atoms with Gasteiger partial charge in [0.05, 0.1) is 17.6 Å². The molecule has 0 N–H and O–H groups in total. The van der Waals surface area contributed by atoms with Crippen molar-refractivity contribution >= 4 is 12.0 Å². The van der Waals surface area contributed by atoms with Crippen molar-refractivity contribution in [1.29, 1.82) is 0 Å². The number of hydrogen-bond acceptors (Lipinski definition) is 2. The molecule has 3 nitrogen and oxygen atoms in total. The fourth-order valence-electron chi connectivity index (χ4n) is 2.13. The first-order chi connectivity index (χ1) is 11.7. The fraction of sp³-hybridized carbons (Fsp3) is 0.316. The first kappa shape index (κ1) is 18.8. The van der Waals surface area contributed by atoms with Crippen molar-refractivity contribution in [2.45, 2.75) is 26.9 Å². The van der Waals surface area contributed by atoms with Crippen LogP contribution in [0.2, 0.25) is 0 Å². The second-order valence-corrected chi connectivity index (χ2v) is 5.85. The Hall–Kier alpha value is -2.50. The maximum Gasteiger partial charge on any atom is 0.416 e. The van der Waals surface area contributed by atoms with Gasteiger partial charge in [-0.05, 0) is 62.2 Å². The van der Waals surface area contributed by atoms with Gasteiger partial charge in [0.1, 0.15) is 11.5 Å². The van der Waals surface area contributed by atoms with Crippen molar-refractivity contribution in [3.63, 3.8) is 0 Å². The molecule has 0 fully saturated rings. The monoisotopic (exact) mass is 350 g/mol. The van der Waals surface area contributed by atoms with Crippen LogP contribution in [0.4, 0.5) is 18.9 Å². The smallest absolute Gasteiger partial charge is 0.416 e. The van der Waals surface area contributed by atoms with E-state index in [1.54, 1.807) is 12.4 Å². The number of benzene rings is 2. The minimum atomic E-state index is -4.39. The summed E-state index contributed by atoms with van der Waals surface area (Å²) < 4.78 is 44.1. The summed E-state index contributed by atoms with van der Waals surface area (Å²) in [5, 5.41) is 0. The van der Waals surface area contributed by atoms with E-state index < -0.39 is 11.7 Å². The number of ether oxygens (including phenoxy) is 1. The third-order valence-corrected chi connectivity index (χ3v) is 3.78. The number of alkyl halides is 3. The topological polar surface area (TPSA) is 24.8 Å². The average molecular weight is 350 g/mol. The zero-order chi connectivity index (χ0) is 18.6. The van der Waals surface area contributed by atoms with Crippen LogP contribution in [-0.4, -0.2) is 24.8 Å². The van der Waals surface area contributed by atoms with E-state index >= 15 is 0 Å². The zero-order valence-corrected chi connectivity index (χ0v) is 14.7. The maximum absolute atomic E-state index is 12.8. The van der Waals surface area contributed by atoms with E-state index in [4.69, 9.17) is 4.74 Å².